The molecule has 0 saturated carbocycles. The van der Waals surface area contributed by atoms with Crippen molar-refractivity contribution in [3.05, 3.63) is 66.4 Å². The standard InChI is InChI=1S/C18H14N2O3/c1-13(22)23-17-9-7-14(8-10-17)18-15(12-21)11-20(19-18)16-5-3-2-4-6-16/h2-12H,1H3. The summed E-state index contributed by atoms with van der Waals surface area (Å²) in [5.41, 5.74) is 2.73. The number of esters is 1. The molecule has 0 fully saturated rings. The molecule has 3 aromatic rings. The summed E-state index contributed by atoms with van der Waals surface area (Å²) in [6.45, 7) is 1.35. The van der Waals surface area contributed by atoms with Gasteiger partial charge in [0.25, 0.3) is 0 Å². The molecular weight excluding hydrogens is 292 g/mol. The molecule has 0 unspecified atom stereocenters. The van der Waals surface area contributed by atoms with Gasteiger partial charge in [-0.15, -0.1) is 0 Å². The predicted octanol–water partition coefficient (Wildman–Crippen LogP) is 3.28. The Bertz CT molecular complexity index is 836. The first-order chi connectivity index (χ1) is 11.2. The molecule has 0 spiro atoms. The first kappa shape index (κ1) is 14.7. The zero-order valence-electron chi connectivity index (χ0n) is 12.5. The number of rotatable bonds is 4. The molecule has 0 saturated heterocycles. The summed E-state index contributed by atoms with van der Waals surface area (Å²) in [7, 11) is 0. The van der Waals surface area contributed by atoms with E-state index < -0.39 is 0 Å². The van der Waals surface area contributed by atoms with Crippen molar-refractivity contribution in [1.82, 2.24) is 9.78 Å². The smallest absolute Gasteiger partial charge is 0.308 e. The number of benzene rings is 2. The fraction of sp³-hybridized carbons (Fsp3) is 0.0556. The molecule has 0 amide bonds. The van der Waals surface area contributed by atoms with Crippen LogP contribution < -0.4 is 4.74 Å². The first-order valence-electron chi connectivity index (χ1n) is 7.06. The van der Waals surface area contributed by atoms with Gasteiger partial charge in [0.15, 0.2) is 6.29 Å². The van der Waals surface area contributed by atoms with Crippen molar-refractivity contribution >= 4 is 12.3 Å². The molecule has 1 heterocycles. The number of nitrogens with zero attached hydrogens (tertiary/aromatic N) is 2. The van der Waals surface area contributed by atoms with Gasteiger partial charge in [-0.25, -0.2) is 4.68 Å². The van der Waals surface area contributed by atoms with E-state index in [0.29, 0.717) is 17.0 Å². The van der Waals surface area contributed by atoms with Crippen molar-refractivity contribution in [3.8, 4) is 22.7 Å². The summed E-state index contributed by atoms with van der Waals surface area (Å²) in [5.74, 6) is 0.0797. The van der Waals surface area contributed by atoms with Crippen molar-refractivity contribution < 1.29 is 14.3 Å². The van der Waals surface area contributed by atoms with Crippen LogP contribution in [0.15, 0.2) is 60.8 Å². The van der Waals surface area contributed by atoms with Crippen LogP contribution >= 0.6 is 0 Å². The highest BCUT2D eigenvalue weighted by Gasteiger charge is 2.12. The van der Waals surface area contributed by atoms with E-state index in [4.69, 9.17) is 4.74 Å². The van der Waals surface area contributed by atoms with Gasteiger partial charge in [-0.3, -0.25) is 9.59 Å². The van der Waals surface area contributed by atoms with Crippen molar-refractivity contribution in [3.63, 3.8) is 0 Å². The molecule has 3 rings (SSSR count). The number of hydrogen-bond acceptors (Lipinski definition) is 4. The van der Waals surface area contributed by atoms with Crippen molar-refractivity contribution in [1.29, 1.82) is 0 Å². The van der Waals surface area contributed by atoms with E-state index in [1.165, 1.54) is 6.92 Å². The molecule has 0 aliphatic carbocycles. The third kappa shape index (κ3) is 3.18. The van der Waals surface area contributed by atoms with Crippen LogP contribution in [-0.2, 0) is 4.79 Å². The van der Waals surface area contributed by atoms with Crippen LogP contribution in [0.5, 0.6) is 5.75 Å². The Balaban J connectivity index is 1.97. The molecule has 2 aromatic carbocycles. The SMILES string of the molecule is CC(=O)Oc1ccc(-c2nn(-c3ccccc3)cc2C=O)cc1. The highest BCUT2D eigenvalue weighted by Crippen LogP contribution is 2.25. The van der Waals surface area contributed by atoms with Crippen LogP contribution in [0.4, 0.5) is 0 Å². The van der Waals surface area contributed by atoms with E-state index in [-0.39, 0.29) is 5.97 Å². The largest absolute Gasteiger partial charge is 0.427 e. The molecule has 0 radical (unpaired) electrons. The quantitative estimate of drug-likeness (QED) is 0.421. The highest BCUT2D eigenvalue weighted by atomic mass is 16.5. The van der Waals surface area contributed by atoms with Gasteiger partial charge in [-0.1, -0.05) is 18.2 Å². The van der Waals surface area contributed by atoms with Crippen LogP contribution in [0.2, 0.25) is 0 Å². The summed E-state index contributed by atoms with van der Waals surface area (Å²) in [6, 6.07) is 16.4. The lowest BCUT2D eigenvalue weighted by Gasteiger charge is -2.03. The van der Waals surface area contributed by atoms with Crippen LogP contribution in [-0.4, -0.2) is 22.0 Å². The molecule has 5 heteroatoms. The van der Waals surface area contributed by atoms with Crippen molar-refractivity contribution in [2.24, 2.45) is 0 Å². The number of hydrogen-bond donors (Lipinski definition) is 0. The number of aromatic nitrogens is 2. The third-order valence-electron chi connectivity index (χ3n) is 3.28. The Morgan fingerprint density at radius 3 is 2.39 bits per heavy atom. The number of para-hydroxylation sites is 1. The van der Waals surface area contributed by atoms with Crippen molar-refractivity contribution in [2.45, 2.75) is 6.92 Å². The Kier molecular flexibility index (Phi) is 4.01. The second-order valence-electron chi connectivity index (χ2n) is 4.95. The zero-order chi connectivity index (χ0) is 16.2. The Labute approximate surface area is 133 Å². The lowest BCUT2D eigenvalue weighted by atomic mass is 10.1. The molecule has 0 bridgehead atoms. The molecule has 114 valence electrons. The second kappa shape index (κ2) is 6.27. The summed E-state index contributed by atoms with van der Waals surface area (Å²) < 4.78 is 6.67. The normalized spacial score (nSPS) is 10.3. The maximum Gasteiger partial charge on any atom is 0.308 e. The third-order valence-corrected chi connectivity index (χ3v) is 3.28. The molecule has 23 heavy (non-hydrogen) atoms. The maximum absolute atomic E-state index is 11.3. The van der Waals surface area contributed by atoms with E-state index >= 15 is 0 Å². The first-order valence-corrected chi connectivity index (χ1v) is 7.06. The van der Waals surface area contributed by atoms with Gasteiger partial charge in [0.05, 0.1) is 11.3 Å². The monoisotopic (exact) mass is 306 g/mol. The molecule has 0 aliphatic rings. The van der Waals surface area contributed by atoms with E-state index in [1.54, 1.807) is 35.1 Å². The van der Waals surface area contributed by atoms with E-state index in [1.807, 2.05) is 30.3 Å². The summed E-state index contributed by atoms with van der Waals surface area (Å²) in [4.78, 5) is 22.3. The summed E-state index contributed by atoms with van der Waals surface area (Å²) in [6.07, 6.45) is 2.47. The topological polar surface area (TPSA) is 61.2 Å². The molecule has 0 atom stereocenters. The average Bonchev–Trinajstić information content (AvgIpc) is 3.00. The highest BCUT2D eigenvalue weighted by molar-refractivity contribution is 5.85. The molecular formula is C18H14N2O3. The van der Waals surface area contributed by atoms with Crippen LogP contribution in [0.25, 0.3) is 16.9 Å². The lowest BCUT2D eigenvalue weighted by Crippen LogP contribution is -2.00. The van der Waals surface area contributed by atoms with Crippen molar-refractivity contribution in [2.75, 3.05) is 0 Å². The Morgan fingerprint density at radius 1 is 1.09 bits per heavy atom. The molecule has 0 N–H and O–H groups in total. The van der Waals surface area contributed by atoms with Gasteiger partial charge in [0.1, 0.15) is 11.4 Å². The minimum absolute atomic E-state index is 0.375. The lowest BCUT2D eigenvalue weighted by molar-refractivity contribution is -0.131. The van der Waals surface area contributed by atoms with Gasteiger partial charge in [0, 0.05) is 18.7 Å². The zero-order valence-corrected chi connectivity index (χ0v) is 12.5. The number of carbonyl (C=O) groups excluding carboxylic acids is 2. The number of ether oxygens (including phenoxy) is 1. The van der Waals surface area contributed by atoms with Crippen LogP contribution in [0, 0.1) is 0 Å². The van der Waals surface area contributed by atoms with Gasteiger partial charge < -0.3 is 4.74 Å². The Morgan fingerprint density at radius 2 is 1.78 bits per heavy atom. The van der Waals surface area contributed by atoms with Gasteiger partial charge >= 0.3 is 5.97 Å². The predicted molar refractivity (Wildman–Crippen MR) is 85.7 cm³/mol. The molecule has 5 nitrogen and oxygen atoms in total. The number of aldehydes is 1. The van der Waals surface area contributed by atoms with E-state index in [9.17, 15) is 9.59 Å². The van der Waals surface area contributed by atoms with Gasteiger partial charge in [-0.05, 0) is 36.4 Å². The van der Waals surface area contributed by atoms with Crippen LogP contribution in [0.1, 0.15) is 17.3 Å². The van der Waals surface area contributed by atoms with E-state index in [0.717, 1.165) is 17.5 Å². The molecule has 1 aromatic heterocycles. The summed E-state index contributed by atoms with van der Waals surface area (Å²) >= 11 is 0. The minimum atomic E-state index is -0.375. The summed E-state index contributed by atoms with van der Waals surface area (Å²) in [5, 5.41) is 4.49. The fourth-order valence-corrected chi connectivity index (χ4v) is 2.26. The van der Waals surface area contributed by atoms with Gasteiger partial charge in [-0.2, -0.15) is 5.10 Å². The molecule has 0 aliphatic heterocycles. The number of carbonyl (C=O) groups is 2. The minimum Gasteiger partial charge on any atom is -0.427 e. The maximum atomic E-state index is 11.3. The average molecular weight is 306 g/mol. The Hall–Kier alpha value is -3.21. The van der Waals surface area contributed by atoms with Crippen LogP contribution in [0.3, 0.4) is 0 Å². The van der Waals surface area contributed by atoms with Gasteiger partial charge in [0.2, 0.25) is 0 Å². The van der Waals surface area contributed by atoms with E-state index in [2.05, 4.69) is 5.10 Å². The second-order valence-corrected chi connectivity index (χ2v) is 4.95. The fourth-order valence-electron chi connectivity index (χ4n) is 2.26.